The quantitative estimate of drug-likeness (QED) is 0.506. The van der Waals surface area contributed by atoms with Gasteiger partial charge in [0.1, 0.15) is 0 Å². The number of benzene rings is 2. The van der Waals surface area contributed by atoms with Gasteiger partial charge in [0.25, 0.3) is 6.02 Å². The van der Waals surface area contributed by atoms with Crippen LogP contribution in [0.3, 0.4) is 0 Å². The van der Waals surface area contributed by atoms with Crippen LogP contribution in [-0.4, -0.2) is 30.9 Å². The van der Waals surface area contributed by atoms with Gasteiger partial charge >= 0.3 is 6.09 Å². The van der Waals surface area contributed by atoms with Gasteiger partial charge in [0, 0.05) is 13.1 Å². The van der Waals surface area contributed by atoms with E-state index in [-0.39, 0.29) is 12.8 Å². The van der Waals surface area contributed by atoms with Crippen LogP contribution in [0.5, 0.6) is 0 Å². The first-order valence-corrected chi connectivity index (χ1v) is 7.63. The Morgan fingerprint density at radius 2 is 1.62 bits per heavy atom. The molecule has 1 aliphatic heterocycles. The van der Waals surface area contributed by atoms with Gasteiger partial charge in [0.05, 0.1) is 7.11 Å². The first kappa shape index (κ1) is 15.9. The lowest BCUT2D eigenvalue weighted by molar-refractivity contribution is 0.148. The molecule has 2 N–H and O–H groups in total. The van der Waals surface area contributed by atoms with Gasteiger partial charge < -0.3 is 14.4 Å². The topological polar surface area (TPSA) is 74.6 Å². The van der Waals surface area contributed by atoms with Gasteiger partial charge in [0.15, 0.2) is 6.73 Å². The summed E-state index contributed by atoms with van der Waals surface area (Å²) in [6, 6.07) is 16.4. The standard InChI is InChI=1S/C18H19N3O3/c1-23-18(22)20-12-24-17(19)21-10-13-6-2-4-8-15(13)16-9-5-3-7-14(16)11-21/h2-9,19H,10-12H2,1H3,(H,20,22). The van der Waals surface area contributed by atoms with E-state index in [1.54, 1.807) is 0 Å². The van der Waals surface area contributed by atoms with Crippen LogP contribution < -0.4 is 5.32 Å². The number of amides is 1. The van der Waals surface area contributed by atoms with Crippen molar-refractivity contribution in [2.45, 2.75) is 13.1 Å². The Hall–Kier alpha value is -3.02. The van der Waals surface area contributed by atoms with Crippen molar-refractivity contribution in [1.29, 1.82) is 5.41 Å². The molecule has 2 aromatic carbocycles. The van der Waals surface area contributed by atoms with Crippen LogP contribution in [0.25, 0.3) is 11.1 Å². The number of hydrogen-bond donors (Lipinski definition) is 2. The summed E-state index contributed by atoms with van der Waals surface area (Å²) in [5, 5.41) is 10.6. The number of nitrogens with one attached hydrogen (secondary N) is 2. The lowest BCUT2D eigenvalue weighted by atomic mass is 9.97. The molecule has 1 aliphatic rings. The zero-order valence-corrected chi connectivity index (χ0v) is 13.4. The van der Waals surface area contributed by atoms with Crippen LogP contribution in [-0.2, 0) is 22.6 Å². The van der Waals surface area contributed by atoms with Crippen molar-refractivity contribution in [2.75, 3.05) is 13.8 Å². The lowest BCUT2D eigenvalue weighted by Gasteiger charge is -2.23. The highest BCUT2D eigenvalue weighted by molar-refractivity contribution is 5.76. The van der Waals surface area contributed by atoms with Crippen molar-refractivity contribution >= 4 is 12.1 Å². The Morgan fingerprint density at radius 3 is 2.17 bits per heavy atom. The average molecular weight is 325 g/mol. The summed E-state index contributed by atoms with van der Waals surface area (Å²) in [5.74, 6) is 0. The highest BCUT2D eigenvalue weighted by atomic mass is 16.6. The van der Waals surface area contributed by atoms with Crippen molar-refractivity contribution in [1.82, 2.24) is 10.2 Å². The van der Waals surface area contributed by atoms with Crippen LogP contribution in [0.15, 0.2) is 48.5 Å². The van der Waals surface area contributed by atoms with Crippen LogP contribution in [0, 0.1) is 5.41 Å². The van der Waals surface area contributed by atoms with Crippen LogP contribution in [0.4, 0.5) is 4.79 Å². The summed E-state index contributed by atoms with van der Waals surface area (Å²) < 4.78 is 9.81. The van der Waals surface area contributed by atoms with Gasteiger partial charge in [-0.25, -0.2) is 4.79 Å². The summed E-state index contributed by atoms with van der Waals surface area (Å²) in [6.45, 7) is 1.04. The van der Waals surface area contributed by atoms with Crippen molar-refractivity contribution in [3.8, 4) is 11.1 Å². The number of nitrogens with zero attached hydrogens (tertiary/aromatic N) is 1. The Bertz CT molecular complexity index is 713. The molecule has 0 spiro atoms. The van der Waals surface area contributed by atoms with Crippen molar-refractivity contribution < 1.29 is 14.3 Å². The summed E-state index contributed by atoms with van der Waals surface area (Å²) >= 11 is 0. The average Bonchev–Trinajstić information content (AvgIpc) is 2.78. The molecule has 0 radical (unpaired) electrons. The molecule has 2 aromatic rings. The van der Waals surface area contributed by atoms with Gasteiger partial charge in [0.2, 0.25) is 0 Å². The van der Waals surface area contributed by atoms with Gasteiger partial charge in [-0.15, -0.1) is 0 Å². The van der Waals surface area contributed by atoms with E-state index in [0.717, 1.165) is 11.1 Å². The predicted octanol–water partition coefficient (Wildman–Crippen LogP) is 2.93. The molecule has 3 rings (SSSR count). The maximum atomic E-state index is 11.1. The molecule has 0 fully saturated rings. The highest BCUT2D eigenvalue weighted by Crippen LogP contribution is 2.32. The minimum atomic E-state index is -0.589. The third-order valence-corrected chi connectivity index (χ3v) is 3.95. The fraction of sp³-hybridized carbons (Fsp3) is 0.222. The first-order chi connectivity index (χ1) is 11.7. The van der Waals surface area contributed by atoms with Gasteiger partial charge in [-0.05, 0) is 22.3 Å². The van der Waals surface area contributed by atoms with E-state index in [1.165, 1.54) is 18.2 Å². The lowest BCUT2D eigenvalue weighted by Crippen LogP contribution is -2.35. The second-order valence-corrected chi connectivity index (χ2v) is 5.43. The fourth-order valence-electron chi connectivity index (χ4n) is 2.78. The zero-order chi connectivity index (χ0) is 16.9. The minimum absolute atomic E-state index is 0.0120. The van der Waals surface area contributed by atoms with E-state index in [1.807, 2.05) is 29.2 Å². The molecule has 0 aliphatic carbocycles. The minimum Gasteiger partial charge on any atom is -0.453 e. The molecule has 6 heteroatoms. The van der Waals surface area contributed by atoms with Crippen LogP contribution in [0.2, 0.25) is 0 Å². The monoisotopic (exact) mass is 325 g/mol. The normalized spacial score (nSPS) is 12.5. The largest absolute Gasteiger partial charge is 0.453 e. The highest BCUT2D eigenvalue weighted by Gasteiger charge is 2.21. The molecule has 24 heavy (non-hydrogen) atoms. The Morgan fingerprint density at radius 1 is 1.08 bits per heavy atom. The first-order valence-electron chi connectivity index (χ1n) is 7.63. The van der Waals surface area contributed by atoms with Gasteiger partial charge in [-0.2, -0.15) is 0 Å². The molecule has 6 nitrogen and oxygen atoms in total. The molecular formula is C18H19N3O3. The fourth-order valence-corrected chi connectivity index (χ4v) is 2.78. The summed E-state index contributed by atoms with van der Waals surface area (Å²) in [7, 11) is 1.28. The summed E-state index contributed by atoms with van der Waals surface area (Å²) in [5.41, 5.74) is 4.63. The molecule has 0 saturated heterocycles. The molecular weight excluding hydrogens is 306 g/mol. The number of ether oxygens (including phenoxy) is 2. The second-order valence-electron chi connectivity index (χ2n) is 5.43. The molecule has 0 unspecified atom stereocenters. The third kappa shape index (κ3) is 3.32. The van der Waals surface area contributed by atoms with Gasteiger partial charge in [-0.3, -0.25) is 10.7 Å². The van der Waals surface area contributed by atoms with Crippen molar-refractivity contribution in [3.05, 3.63) is 59.7 Å². The number of carbonyl (C=O) groups is 1. The summed E-state index contributed by atoms with van der Waals surface area (Å²) in [6.07, 6.45) is -0.589. The van der Waals surface area contributed by atoms with E-state index < -0.39 is 6.09 Å². The molecule has 0 saturated carbocycles. The van der Waals surface area contributed by atoms with E-state index >= 15 is 0 Å². The van der Waals surface area contributed by atoms with Crippen molar-refractivity contribution in [2.24, 2.45) is 0 Å². The zero-order valence-electron chi connectivity index (χ0n) is 13.4. The van der Waals surface area contributed by atoms with Gasteiger partial charge in [-0.1, -0.05) is 48.5 Å². The maximum Gasteiger partial charge on any atom is 0.409 e. The van der Waals surface area contributed by atoms with E-state index in [2.05, 4.69) is 34.3 Å². The molecule has 1 heterocycles. The van der Waals surface area contributed by atoms with E-state index in [4.69, 9.17) is 10.1 Å². The number of fused-ring (bicyclic) bond motifs is 3. The molecule has 0 bridgehead atoms. The summed E-state index contributed by atoms with van der Waals surface area (Å²) in [4.78, 5) is 12.9. The van der Waals surface area contributed by atoms with Crippen LogP contribution >= 0.6 is 0 Å². The number of carbonyl (C=O) groups excluding carboxylic acids is 1. The number of methoxy groups -OCH3 is 1. The van der Waals surface area contributed by atoms with Crippen LogP contribution in [0.1, 0.15) is 11.1 Å². The second kappa shape index (κ2) is 7.04. The molecule has 0 atom stereocenters. The number of hydrogen-bond acceptors (Lipinski definition) is 4. The maximum absolute atomic E-state index is 11.1. The van der Waals surface area contributed by atoms with Crippen molar-refractivity contribution in [3.63, 3.8) is 0 Å². The Labute approximate surface area is 140 Å². The number of rotatable bonds is 2. The Balaban J connectivity index is 1.80. The van der Waals surface area contributed by atoms with E-state index in [0.29, 0.717) is 13.1 Å². The predicted molar refractivity (Wildman–Crippen MR) is 90.3 cm³/mol. The van der Waals surface area contributed by atoms with E-state index in [9.17, 15) is 4.79 Å². The number of amidine groups is 1. The SMILES string of the molecule is COC(=O)NCOC(=N)N1Cc2ccccc2-c2ccccc2C1. The number of alkyl carbamates (subject to hydrolysis) is 1. The molecule has 124 valence electrons. The Kier molecular flexibility index (Phi) is 4.65. The third-order valence-electron chi connectivity index (χ3n) is 3.95. The molecule has 0 aromatic heterocycles. The molecule has 1 amide bonds. The smallest absolute Gasteiger partial charge is 0.409 e.